The quantitative estimate of drug-likeness (QED) is 0.318. The summed E-state index contributed by atoms with van der Waals surface area (Å²) in [6.45, 7) is 0.605. The third-order valence-electron chi connectivity index (χ3n) is 6.82. The number of likely N-dealkylation sites (tertiary alicyclic amines) is 1. The Hall–Kier alpha value is -2.93. The molecule has 3 aromatic rings. The maximum atomic E-state index is 14.8. The molecule has 0 bridgehead atoms. The van der Waals surface area contributed by atoms with Crippen LogP contribution < -0.4 is 0 Å². The van der Waals surface area contributed by atoms with Crippen molar-refractivity contribution in [2.75, 3.05) is 26.2 Å². The third-order valence-corrected chi connectivity index (χ3v) is 7.94. The number of aliphatic hydroxyl groups is 1. The topological polar surface area (TPSA) is 78.7 Å². The second-order valence-electron chi connectivity index (χ2n) is 9.37. The Morgan fingerprint density at radius 3 is 2.69 bits per heavy atom. The molecule has 2 fully saturated rings. The van der Waals surface area contributed by atoms with Crippen LogP contribution in [0, 0.1) is 0 Å². The van der Waals surface area contributed by atoms with Crippen molar-refractivity contribution in [1.82, 2.24) is 19.6 Å². The molecule has 2 aliphatic heterocycles. The monoisotopic (exact) mass is 582 g/mol. The van der Waals surface area contributed by atoms with Crippen LogP contribution in [0.4, 0.5) is 22.4 Å². The number of alkyl halides is 4. The van der Waals surface area contributed by atoms with Crippen LogP contribution in [0.1, 0.15) is 23.1 Å². The van der Waals surface area contributed by atoms with Crippen molar-refractivity contribution in [3.05, 3.63) is 69.2 Å². The third kappa shape index (κ3) is 5.69. The van der Waals surface area contributed by atoms with Crippen LogP contribution in [-0.4, -0.2) is 74.3 Å². The number of fused-ring (bicyclic) bond motifs is 1. The molecular formula is C26H23ClF4N4O3S. The van der Waals surface area contributed by atoms with Gasteiger partial charge in [0, 0.05) is 30.0 Å². The number of thioether (sulfide) groups is 1. The number of aromatic nitrogens is 2. The normalized spacial score (nSPS) is 22.0. The average molecular weight is 583 g/mol. The molecule has 206 valence electrons. The van der Waals surface area contributed by atoms with Gasteiger partial charge in [0.1, 0.15) is 6.17 Å². The summed E-state index contributed by atoms with van der Waals surface area (Å²) >= 11 is 6.52. The van der Waals surface area contributed by atoms with E-state index in [1.807, 2.05) is 0 Å². The van der Waals surface area contributed by atoms with E-state index in [0.717, 1.165) is 22.7 Å². The van der Waals surface area contributed by atoms with Gasteiger partial charge in [-0.25, -0.2) is 4.39 Å². The van der Waals surface area contributed by atoms with Crippen LogP contribution in [-0.2, 0) is 17.5 Å². The molecule has 5 rings (SSSR count). The lowest BCUT2D eigenvalue weighted by atomic mass is 10.0. The second-order valence-corrected chi connectivity index (χ2v) is 10.8. The van der Waals surface area contributed by atoms with E-state index in [-0.39, 0.29) is 41.6 Å². The molecule has 2 saturated heterocycles. The number of piperidine rings is 1. The zero-order valence-electron chi connectivity index (χ0n) is 20.4. The number of nitrogens with zero attached hydrogens (tertiary/aromatic N) is 4. The van der Waals surface area contributed by atoms with E-state index in [2.05, 4.69) is 5.10 Å². The number of hydrogen-bond donors (Lipinski definition) is 1. The Morgan fingerprint density at radius 1 is 1.18 bits per heavy atom. The van der Waals surface area contributed by atoms with Crippen molar-refractivity contribution in [3.8, 4) is 0 Å². The fourth-order valence-electron chi connectivity index (χ4n) is 4.94. The molecule has 0 aliphatic carbocycles. The minimum absolute atomic E-state index is 0.0142. The number of β-amino-alcohol motifs (C(OH)–C–C–N with tert-alkyl or cyclic N) is 1. The van der Waals surface area contributed by atoms with Gasteiger partial charge in [0.25, 0.3) is 11.1 Å². The summed E-state index contributed by atoms with van der Waals surface area (Å²) in [6.07, 6.45) is -2.66. The average Bonchev–Trinajstić information content (AvgIpc) is 3.39. The number of carbonyl (C=O) groups is 2. The van der Waals surface area contributed by atoms with E-state index in [1.165, 1.54) is 29.1 Å². The van der Waals surface area contributed by atoms with Gasteiger partial charge in [0.2, 0.25) is 0 Å². The smallest absolute Gasteiger partial charge is 0.395 e. The molecule has 1 N–H and O–H groups in total. The number of carbonyl (C=O) groups excluding carboxylic acids is 2. The summed E-state index contributed by atoms with van der Waals surface area (Å²) in [6, 6.07) is 7.80. The molecule has 2 aromatic carbocycles. The number of halogens is 5. The van der Waals surface area contributed by atoms with Gasteiger partial charge in [0.05, 0.1) is 41.4 Å². The van der Waals surface area contributed by atoms with Crippen molar-refractivity contribution in [3.63, 3.8) is 0 Å². The summed E-state index contributed by atoms with van der Waals surface area (Å²) in [7, 11) is 0. The summed E-state index contributed by atoms with van der Waals surface area (Å²) in [5, 5.41) is 13.4. The van der Waals surface area contributed by atoms with Crippen LogP contribution in [0.2, 0.25) is 5.02 Å². The number of amides is 2. The molecule has 0 radical (unpaired) electrons. The predicted octanol–water partition coefficient (Wildman–Crippen LogP) is 5.20. The zero-order valence-corrected chi connectivity index (χ0v) is 21.9. The van der Waals surface area contributed by atoms with Gasteiger partial charge in [-0.05, 0) is 59.7 Å². The predicted molar refractivity (Wildman–Crippen MR) is 140 cm³/mol. The number of aliphatic hydroxyl groups excluding tert-OH is 1. The summed E-state index contributed by atoms with van der Waals surface area (Å²) in [5.41, 5.74) is 0.353. The molecule has 13 heteroatoms. The molecule has 2 atom stereocenters. The van der Waals surface area contributed by atoms with Crippen molar-refractivity contribution in [1.29, 1.82) is 0 Å². The van der Waals surface area contributed by atoms with E-state index in [4.69, 9.17) is 16.7 Å². The number of benzene rings is 2. The molecular weight excluding hydrogens is 560 g/mol. The SMILES string of the molecule is O=C1S/C(=C\c2ccc3c(cnn3Cc3ccc(Cl)cc3C(F)(F)F)c2)C(=O)N1[C@@H]1CCN(CCO)C[C@H]1F. The van der Waals surface area contributed by atoms with Crippen molar-refractivity contribution in [2.45, 2.75) is 31.4 Å². The van der Waals surface area contributed by atoms with Crippen LogP contribution in [0.25, 0.3) is 17.0 Å². The highest BCUT2D eigenvalue weighted by molar-refractivity contribution is 8.18. The van der Waals surface area contributed by atoms with E-state index in [9.17, 15) is 27.2 Å². The summed E-state index contributed by atoms with van der Waals surface area (Å²) < 4.78 is 56.8. The first kappa shape index (κ1) is 27.6. The maximum absolute atomic E-state index is 14.8. The molecule has 0 saturated carbocycles. The Kier molecular flexibility index (Phi) is 7.73. The van der Waals surface area contributed by atoms with Gasteiger partial charge in [-0.2, -0.15) is 18.3 Å². The Morgan fingerprint density at radius 2 is 1.97 bits per heavy atom. The molecule has 2 amide bonds. The first-order valence-corrected chi connectivity index (χ1v) is 13.3. The van der Waals surface area contributed by atoms with Gasteiger partial charge in [0.15, 0.2) is 0 Å². The summed E-state index contributed by atoms with van der Waals surface area (Å²) in [5.74, 6) is -0.563. The lowest BCUT2D eigenvalue weighted by Gasteiger charge is -2.37. The standard InChI is InChI=1S/C26H23ClF4N4O3S/c27-18-3-2-16(19(11-18)26(29,30)31)13-34-21-4-1-15(9-17(21)12-32-34)10-23-24(37)35(25(38)39-23)22-5-6-33(7-8-36)14-20(22)28/h1-4,9-12,20,22,36H,5-8,13-14H2/b23-10-/t20-,22-/m1/s1. The highest BCUT2D eigenvalue weighted by Gasteiger charge is 2.45. The first-order valence-electron chi connectivity index (χ1n) is 12.1. The molecule has 3 heterocycles. The van der Waals surface area contributed by atoms with E-state index in [0.29, 0.717) is 29.6 Å². The first-order chi connectivity index (χ1) is 18.5. The minimum Gasteiger partial charge on any atom is -0.395 e. The Labute approximate surface area is 230 Å². The minimum atomic E-state index is -4.57. The van der Waals surface area contributed by atoms with Crippen LogP contribution in [0.5, 0.6) is 0 Å². The van der Waals surface area contributed by atoms with Crippen LogP contribution in [0.15, 0.2) is 47.5 Å². The molecule has 7 nitrogen and oxygen atoms in total. The molecule has 0 spiro atoms. The lowest BCUT2D eigenvalue weighted by Crippen LogP contribution is -2.54. The van der Waals surface area contributed by atoms with E-state index in [1.54, 1.807) is 23.1 Å². The van der Waals surface area contributed by atoms with Crippen LogP contribution >= 0.6 is 23.4 Å². The lowest BCUT2D eigenvalue weighted by molar-refractivity contribution is -0.138. The fraction of sp³-hybridized carbons (Fsp3) is 0.346. The molecule has 1 aromatic heterocycles. The van der Waals surface area contributed by atoms with Gasteiger partial charge in [-0.3, -0.25) is 24.1 Å². The van der Waals surface area contributed by atoms with Gasteiger partial charge in [-0.15, -0.1) is 0 Å². The van der Waals surface area contributed by atoms with Crippen LogP contribution in [0.3, 0.4) is 0 Å². The van der Waals surface area contributed by atoms with Crippen molar-refractivity contribution < 1.29 is 32.3 Å². The van der Waals surface area contributed by atoms with E-state index >= 15 is 0 Å². The Bertz CT molecular complexity index is 1460. The summed E-state index contributed by atoms with van der Waals surface area (Å²) in [4.78, 5) is 28.6. The van der Waals surface area contributed by atoms with Crippen molar-refractivity contribution in [2.24, 2.45) is 0 Å². The van der Waals surface area contributed by atoms with Gasteiger partial charge >= 0.3 is 6.18 Å². The highest BCUT2D eigenvalue weighted by Crippen LogP contribution is 2.37. The molecule has 39 heavy (non-hydrogen) atoms. The van der Waals surface area contributed by atoms with Gasteiger partial charge < -0.3 is 5.11 Å². The fourth-order valence-corrected chi connectivity index (χ4v) is 6.00. The number of imide groups is 1. The second kappa shape index (κ2) is 10.9. The zero-order chi connectivity index (χ0) is 27.9. The number of rotatable bonds is 6. The molecule has 0 unspecified atom stereocenters. The largest absolute Gasteiger partial charge is 0.416 e. The Balaban J connectivity index is 1.35. The maximum Gasteiger partial charge on any atom is 0.416 e. The van der Waals surface area contributed by atoms with Gasteiger partial charge in [-0.1, -0.05) is 23.7 Å². The molecule has 2 aliphatic rings. The highest BCUT2D eigenvalue weighted by atomic mass is 35.5. The number of hydrogen-bond acceptors (Lipinski definition) is 6. The van der Waals surface area contributed by atoms with E-state index < -0.39 is 35.1 Å². The van der Waals surface area contributed by atoms with Crippen molar-refractivity contribution >= 4 is 51.5 Å².